The Hall–Kier alpha value is -0.0800. The molecule has 2 heteroatoms. The normalized spacial score (nSPS) is 34.0. The van der Waals surface area contributed by atoms with Gasteiger partial charge in [0, 0.05) is 12.1 Å². The molecule has 4 atom stereocenters. The molecule has 1 aliphatic rings. The maximum absolute atomic E-state index is 9.33. The van der Waals surface area contributed by atoms with Crippen LogP contribution in [0, 0.1) is 11.3 Å². The summed E-state index contributed by atoms with van der Waals surface area (Å²) in [5.74, 6) is 0.761. The summed E-state index contributed by atoms with van der Waals surface area (Å²) >= 11 is 0. The van der Waals surface area contributed by atoms with Gasteiger partial charge in [0.15, 0.2) is 0 Å². The molecule has 0 saturated heterocycles. The molecule has 2 N–H and O–H groups in total. The smallest absolute Gasteiger partial charge is 0.0526 e. The minimum Gasteiger partial charge on any atom is -0.393 e. The van der Waals surface area contributed by atoms with Crippen molar-refractivity contribution in [1.82, 2.24) is 5.32 Å². The van der Waals surface area contributed by atoms with Crippen molar-refractivity contribution < 1.29 is 5.11 Å². The van der Waals surface area contributed by atoms with E-state index in [4.69, 9.17) is 0 Å². The van der Waals surface area contributed by atoms with Crippen molar-refractivity contribution >= 4 is 0 Å². The molecule has 0 heterocycles. The fourth-order valence-corrected chi connectivity index (χ4v) is 3.06. The van der Waals surface area contributed by atoms with Gasteiger partial charge in [0.2, 0.25) is 0 Å². The van der Waals surface area contributed by atoms with Gasteiger partial charge in [-0.25, -0.2) is 0 Å². The molecule has 0 aromatic rings. The molecular weight excluding hydrogens is 186 g/mol. The first kappa shape index (κ1) is 13.0. The highest BCUT2D eigenvalue weighted by atomic mass is 16.3. The molecule has 15 heavy (non-hydrogen) atoms. The lowest BCUT2D eigenvalue weighted by Gasteiger charge is -2.24. The Bertz CT molecular complexity index is 201. The second kappa shape index (κ2) is 4.84. The molecular formula is C13H27NO. The van der Waals surface area contributed by atoms with Crippen LogP contribution >= 0.6 is 0 Å². The predicted octanol–water partition coefficient (Wildman–Crippen LogP) is 2.56. The summed E-state index contributed by atoms with van der Waals surface area (Å²) in [4.78, 5) is 0. The second-order valence-corrected chi connectivity index (χ2v) is 6.31. The summed E-state index contributed by atoms with van der Waals surface area (Å²) in [5.41, 5.74) is 0.488. The largest absolute Gasteiger partial charge is 0.393 e. The van der Waals surface area contributed by atoms with E-state index in [0.717, 1.165) is 12.3 Å². The van der Waals surface area contributed by atoms with E-state index < -0.39 is 0 Å². The number of hydrogen-bond acceptors (Lipinski definition) is 2. The van der Waals surface area contributed by atoms with Crippen molar-refractivity contribution in [2.45, 2.75) is 72.1 Å². The van der Waals surface area contributed by atoms with Crippen molar-refractivity contribution in [1.29, 1.82) is 0 Å². The van der Waals surface area contributed by atoms with Crippen molar-refractivity contribution in [3.05, 3.63) is 0 Å². The monoisotopic (exact) mass is 213 g/mol. The Kier molecular flexibility index (Phi) is 4.19. The molecule has 1 saturated carbocycles. The van der Waals surface area contributed by atoms with Crippen LogP contribution in [0.1, 0.15) is 53.9 Å². The predicted molar refractivity (Wildman–Crippen MR) is 64.9 cm³/mol. The minimum absolute atomic E-state index is 0.197. The van der Waals surface area contributed by atoms with Crippen LogP contribution in [0.2, 0.25) is 0 Å². The zero-order chi connectivity index (χ0) is 11.6. The lowest BCUT2D eigenvalue weighted by molar-refractivity contribution is 0.165. The van der Waals surface area contributed by atoms with Crippen LogP contribution in [0.25, 0.3) is 0 Å². The van der Waals surface area contributed by atoms with E-state index in [9.17, 15) is 5.11 Å². The molecule has 2 nitrogen and oxygen atoms in total. The molecule has 0 aromatic heterocycles. The molecule has 0 aromatic carbocycles. The van der Waals surface area contributed by atoms with Gasteiger partial charge in [-0.1, -0.05) is 20.8 Å². The maximum atomic E-state index is 9.33. The van der Waals surface area contributed by atoms with E-state index in [1.165, 1.54) is 12.8 Å². The fourth-order valence-electron chi connectivity index (χ4n) is 3.06. The van der Waals surface area contributed by atoms with Crippen LogP contribution in [-0.2, 0) is 0 Å². The molecule has 0 aliphatic heterocycles. The third-order valence-electron chi connectivity index (χ3n) is 3.53. The summed E-state index contributed by atoms with van der Waals surface area (Å²) in [5, 5.41) is 13.0. The molecule has 4 unspecified atom stereocenters. The Labute approximate surface area is 94.5 Å². The van der Waals surface area contributed by atoms with Gasteiger partial charge in [-0.05, 0) is 44.4 Å². The van der Waals surface area contributed by atoms with E-state index >= 15 is 0 Å². The molecule has 90 valence electrons. The first-order valence-corrected chi connectivity index (χ1v) is 6.24. The zero-order valence-corrected chi connectivity index (χ0v) is 10.9. The van der Waals surface area contributed by atoms with Gasteiger partial charge in [-0.3, -0.25) is 0 Å². The molecule has 0 radical (unpaired) electrons. The number of aliphatic hydroxyl groups excluding tert-OH is 1. The van der Waals surface area contributed by atoms with Gasteiger partial charge in [0.1, 0.15) is 0 Å². The zero-order valence-electron chi connectivity index (χ0n) is 10.9. The number of hydrogen-bond donors (Lipinski definition) is 2. The summed E-state index contributed by atoms with van der Waals surface area (Å²) < 4.78 is 0. The molecule has 0 amide bonds. The lowest BCUT2D eigenvalue weighted by Crippen LogP contribution is -2.39. The van der Waals surface area contributed by atoms with Crippen molar-refractivity contribution in [2.24, 2.45) is 11.3 Å². The second-order valence-electron chi connectivity index (χ2n) is 6.31. The SMILES string of the molecule is CC(O)CC(C)NC1CC(C)(C)CC1C. The quantitative estimate of drug-likeness (QED) is 0.752. The molecule has 0 spiro atoms. The highest BCUT2D eigenvalue weighted by Crippen LogP contribution is 2.41. The third-order valence-corrected chi connectivity index (χ3v) is 3.53. The van der Waals surface area contributed by atoms with Crippen LogP contribution in [0.4, 0.5) is 0 Å². The topological polar surface area (TPSA) is 32.3 Å². The highest BCUT2D eigenvalue weighted by Gasteiger charge is 2.36. The van der Waals surface area contributed by atoms with Gasteiger partial charge in [-0.2, -0.15) is 0 Å². The van der Waals surface area contributed by atoms with Crippen LogP contribution in [0.5, 0.6) is 0 Å². The number of aliphatic hydroxyl groups is 1. The van der Waals surface area contributed by atoms with E-state index in [1.807, 2.05) is 6.92 Å². The van der Waals surface area contributed by atoms with E-state index in [2.05, 4.69) is 33.0 Å². The van der Waals surface area contributed by atoms with E-state index in [-0.39, 0.29) is 6.10 Å². The van der Waals surface area contributed by atoms with Gasteiger partial charge < -0.3 is 10.4 Å². The van der Waals surface area contributed by atoms with E-state index in [1.54, 1.807) is 0 Å². The van der Waals surface area contributed by atoms with Crippen molar-refractivity contribution in [3.63, 3.8) is 0 Å². The molecule has 0 bridgehead atoms. The van der Waals surface area contributed by atoms with Gasteiger partial charge in [0.05, 0.1) is 6.10 Å². The van der Waals surface area contributed by atoms with Crippen LogP contribution < -0.4 is 5.32 Å². The summed E-state index contributed by atoms with van der Waals surface area (Å²) in [6.45, 7) is 11.1. The maximum Gasteiger partial charge on any atom is 0.0526 e. The molecule has 1 fully saturated rings. The summed E-state index contributed by atoms with van der Waals surface area (Å²) in [6, 6.07) is 1.06. The standard InChI is InChI=1S/C13H27NO/c1-9-7-13(4,5)8-12(9)14-10(2)6-11(3)15/h9-12,14-15H,6-8H2,1-5H3. The van der Waals surface area contributed by atoms with Crippen LogP contribution in [-0.4, -0.2) is 23.3 Å². The molecule has 1 rings (SSSR count). The number of nitrogens with one attached hydrogen (secondary N) is 1. The van der Waals surface area contributed by atoms with Crippen molar-refractivity contribution in [3.8, 4) is 0 Å². The first-order valence-electron chi connectivity index (χ1n) is 6.24. The Morgan fingerprint density at radius 2 is 1.93 bits per heavy atom. The van der Waals surface area contributed by atoms with Crippen LogP contribution in [0.3, 0.4) is 0 Å². The average molecular weight is 213 g/mol. The number of rotatable bonds is 4. The van der Waals surface area contributed by atoms with Crippen LogP contribution in [0.15, 0.2) is 0 Å². The Balaban J connectivity index is 2.39. The minimum atomic E-state index is -0.197. The van der Waals surface area contributed by atoms with Gasteiger partial charge in [0.25, 0.3) is 0 Å². The first-order chi connectivity index (χ1) is 6.80. The van der Waals surface area contributed by atoms with Crippen molar-refractivity contribution in [2.75, 3.05) is 0 Å². The third kappa shape index (κ3) is 4.12. The Morgan fingerprint density at radius 1 is 1.33 bits per heavy atom. The molecule has 1 aliphatic carbocycles. The summed E-state index contributed by atoms with van der Waals surface area (Å²) in [6.07, 6.45) is 3.23. The van der Waals surface area contributed by atoms with E-state index in [0.29, 0.717) is 17.5 Å². The Morgan fingerprint density at radius 3 is 2.33 bits per heavy atom. The highest BCUT2D eigenvalue weighted by molar-refractivity contribution is 4.92. The fraction of sp³-hybridized carbons (Fsp3) is 1.00. The van der Waals surface area contributed by atoms with Gasteiger partial charge >= 0.3 is 0 Å². The average Bonchev–Trinajstić information content (AvgIpc) is 2.22. The van der Waals surface area contributed by atoms with Gasteiger partial charge in [-0.15, -0.1) is 0 Å². The lowest BCUT2D eigenvalue weighted by atomic mass is 9.91. The summed E-state index contributed by atoms with van der Waals surface area (Å²) in [7, 11) is 0.